The minimum absolute atomic E-state index is 0.389. The number of aliphatic imine (C=N–C) groups is 1. The summed E-state index contributed by atoms with van der Waals surface area (Å²) < 4.78 is 0. The third kappa shape index (κ3) is 2.63. The van der Waals surface area contributed by atoms with Gasteiger partial charge in [0.25, 0.3) is 0 Å². The Bertz CT molecular complexity index is 403. The highest BCUT2D eigenvalue weighted by molar-refractivity contribution is 5.91. The van der Waals surface area contributed by atoms with Gasteiger partial charge in [0.15, 0.2) is 0 Å². The first-order valence-corrected chi connectivity index (χ1v) is 8.25. The van der Waals surface area contributed by atoms with Crippen molar-refractivity contribution in [3.8, 4) is 0 Å². The lowest BCUT2D eigenvalue weighted by Crippen LogP contribution is -2.58. The first-order chi connectivity index (χ1) is 9.71. The minimum Gasteiger partial charge on any atom is -0.302 e. The van der Waals surface area contributed by atoms with Crippen molar-refractivity contribution in [1.29, 1.82) is 0 Å². The molecule has 3 aliphatic heterocycles. The van der Waals surface area contributed by atoms with Crippen LogP contribution in [0.3, 0.4) is 0 Å². The molecule has 0 aromatic carbocycles. The van der Waals surface area contributed by atoms with Gasteiger partial charge in [0.1, 0.15) is 0 Å². The SMILES string of the molecule is C=CCCC(N=C1C2CC3CC1CN(C3)C2)/C(C)=C/C. The molecule has 20 heavy (non-hydrogen) atoms. The van der Waals surface area contributed by atoms with Crippen LogP contribution in [0.1, 0.15) is 39.5 Å². The van der Waals surface area contributed by atoms with Crippen LogP contribution in [0.4, 0.5) is 0 Å². The fourth-order valence-electron chi connectivity index (χ4n) is 4.43. The van der Waals surface area contributed by atoms with Gasteiger partial charge in [-0.25, -0.2) is 0 Å². The summed E-state index contributed by atoms with van der Waals surface area (Å²) in [5, 5.41) is 0. The molecule has 1 saturated carbocycles. The van der Waals surface area contributed by atoms with Crippen molar-refractivity contribution in [2.75, 3.05) is 19.6 Å². The van der Waals surface area contributed by atoms with Crippen LogP contribution in [0.2, 0.25) is 0 Å². The van der Waals surface area contributed by atoms with Gasteiger partial charge in [-0.05, 0) is 45.4 Å². The average Bonchev–Trinajstić information content (AvgIpc) is 2.44. The monoisotopic (exact) mass is 272 g/mol. The largest absolute Gasteiger partial charge is 0.302 e. The molecule has 0 spiro atoms. The van der Waals surface area contributed by atoms with Crippen LogP contribution < -0.4 is 0 Å². The Morgan fingerprint density at radius 1 is 1.35 bits per heavy atom. The normalized spacial score (nSPS) is 37.1. The van der Waals surface area contributed by atoms with E-state index in [2.05, 4.69) is 31.4 Å². The van der Waals surface area contributed by atoms with Crippen LogP contribution in [0, 0.1) is 17.8 Å². The predicted octanol–water partition coefficient (Wildman–Crippen LogP) is 3.70. The van der Waals surface area contributed by atoms with Crippen molar-refractivity contribution in [3.05, 3.63) is 24.3 Å². The summed E-state index contributed by atoms with van der Waals surface area (Å²) in [5.74, 6) is 2.48. The predicted molar refractivity (Wildman–Crippen MR) is 86.2 cm³/mol. The standard InChI is InChI=1S/C18H28N2/c1-4-6-7-17(13(3)5-2)19-18-15-8-14-9-16(18)12-20(10-14)11-15/h4-5,14-17H,1,6-12H2,2-3H3/b13-5+,19-18?. The molecule has 2 nitrogen and oxygen atoms in total. The van der Waals surface area contributed by atoms with Crippen LogP contribution >= 0.6 is 0 Å². The highest BCUT2D eigenvalue weighted by Crippen LogP contribution is 2.42. The molecule has 3 unspecified atom stereocenters. The number of rotatable bonds is 5. The lowest BCUT2D eigenvalue weighted by molar-refractivity contribution is 0.0565. The molecule has 1 aliphatic carbocycles. The van der Waals surface area contributed by atoms with Crippen molar-refractivity contribution >= 4 is 5.71 Å². The summed E-state index contributed by atoms with van der Waals surface area (Å²) >= 11 is 0. The van der Waals surface area contributed by atoms with Gasteiger partial charge in [-0.3, -0.25) is 4.99 Å². The molecule has 110 valence electrons. The van der Waals surface area contributed by atoms with E-state index in [1.165, 1.54) is 38.0 Å². The zero-order valence-corrected chi connectivity index (χ0v) is 13.0. The number of hydrogen-bond acceptors (Lipinski definition) is 2. The molecular formula is C18H28N2. The molecule has 3 atom stereocenters. The smallest absolute Gasteiger partial charge is 0.0708 e. The van der Waals surface area contributed by atoms with Gasteiger partial charge >= 0.3 is 0 Å². The van der Waals surface area contributed by atoms with E-state index < -0.39 is 0 Å². The van der Waals surface area contributed by atoms with Crippen molar-refractivity contribution in [2.45, 2.75) is 45.6 Å². The summed E-state index contributed by atoms with van der Waals surface area (Å²) in [4.78, 5) is 7.93. The van der Waals surface area contributed by atoms with Gasteiger partial charge in [-0.15, -0.1) is 6.58 Å². The minimum atomic E-state index is 0.389. The van der Waals surface area contributed by atoms with Crippen LogP contribution in [0.5, 0.6) is 0 Å². The fourth-order valence-corrected chi connectivity index (χ4v) is 4.43. The Kier molecular flexibility index (Phi) is 4.11. The van der Waals surface area contributed by atoms with Crippen LogP contribution in [0.15, 0.2) is 29.3 Å². The maximum atomic E-state index is 5.26. The second-order valence-electron chi connectivity index (χ2n) is 6.92. The van der Waals surface area contributed by atoms with E-state index in [-0.39, 0.29) is 0 Å². The van der Waals surface area contributed by atoms with Crippen LogP contribution in [-0.4, -0.2) is 36.3 Å². The second-order valence-corrected chi connectivity index (χ2v) is 6.92. The number of allylic oxidation sites excluding steroid dienone is 2. The summed E-state index contributed by atoms with van der Waals surface area (Å²) in [6.45, 7) is 12.1. The van der Waals surface area contributed by atoms with Crippen LogP contribution in [0.25, 0.3) is 0 Å². The van der Waals surface area contributed by atoms with Gasteiger partial charge in [-0.1, -0.05) is 17.7 Å². The Labute approximate surface area is 123 Å². The fraction of sp³-hybridized carbons (Fsp3) is 0.722. The summed E-state index contributed by atoms with van der Waals surface area (Å²) in [5.41, 5.74) is 2.99. The van der Waals surface area contributed by atoms with Gasteiger partial charge in [0.2, 0.25) is 0 Å². The van der Waals surface area contributed by atoms with E-state index in [1.54, 1.807) is 5.71 Å². The van der Waals surface area contributed by atoms with E-state index >= 15 is 0 Å². The van der Waals surface area contributed by atoms with Gasteiger partial charge in [0.05, 0.1) is 6.04 Å². The van der Waals surface area contributed by atoms with Gasteiger partial charge < -0.3 is 4.90 Å². The van der Waals surface area contributed by atoms with E-state index in [0.29, 0.717) is 6.04 Å². The third-order valence-corrected chi connectivity index (χ3v) is 5.48. The van der Waals surface area contributed by atoms with Crippen molar-refractivity contribution in [1.82, 2.24) is 4.90 Å². The molecule has 0 radical (unpaired) electrons. The quantitative estimate of drug-likeness (QED) is 0.697. The molecule has 4 bridgehead atoms. The molecule has 0 N–H and O–H groups in total. The zero-order valence-electron chi connectivity index (χ0n) is 13.0. The second kappa shape index (κ2) is 5.85. The molecule has 3 heterocycles. The molecule has 0 aromatic heterocycles. The van der Waals surface area contributed by atoms with Crippen molar-refractivity contribution in [3.63, 3.8) is 0 Å². The Morgan fingerprint density at radius 2 is 2.05 bits per heavy atom. The van der Waals surface area contributed by atoms with Crippen molar-refractivity contribution in [2.24, 2.45) is 22.7 Å². The van der Waals surface area contributed by atoms with Crippen LogP contribution in [-0.2, 0) is 0 Å². The molecule has 3 saturated heterocycles. The first kappa shape index (κ1) is 14.1. The number of hydrogen-bond donors (Lipinski definition) is 0. The molecule has 0 aromatic rings. The average molecular weight is 272 g/mol. The molecule has 4 rings (SSSR count). The lowest BCUT2D eigenvalue weighted by atomic mass is 9.67. The first-order valence-electron chi connectivity index (χ1n) is 8.25. The topological polar surface area (TPSA) is 15.6 Å². The number of piperidine rings is 3. The zero-order chi connectivity index (χ0) is 14.1. The van der Waals surface area contributed by atoms with Gasteiger partial charge in [-0.2, -0.15) is 0 Å². The van der Waals surface area contributed by atoms with Gasteiger partial charge in [0, 0.05) is 37.2 Å². The maximum absolute atomic E-state index is 5.26. The van der Waals surface area contributed by atoms with Crippen molar-refractivity contribution < 1.29 is 0 Å². The van der Waals surface area contributed by atoms with E-state index in [9.17, 15) is 0 Å². The number of nitrogens with zero attached hydrogens (tertiary/aromatic N) is 2. The molecule has 0 amide bonds. The molecule has 4 aliphatic rings. The third-order valence-electron chi connectivity index (χ3n) is 5.48. The molecule has 4 fully saturated rings. The summed E-state index contributed by atoms with van der Waals surface area (Å²) in [6.07, 6.45) is 9.24. The maximum Gasteiger partial charge on any atom is 0.0708 e. The Balaban J connectivity index is 1.80. The Morgan fingerprint density at radius 3 is 2.60 bits per heavy atom. The lowest BCUT2D eigenvalue weighted by Gasteiger charge is -2.52. The molecule has 2 heteroatoms. The summed E-state index contributed by atoms with van der Waals surface area (Å²) in [7, 11) is 0. The van der Waals surface area contributed by atoms with E-state index in [0.717, 1.165) is 30.6 Å². The highest BCUT2D eigenvalue weighted by atomic mass is 15.2. The highest BCUT2D eigenvalue weighted by Gasteiger charge is 2.45. The summed E-state index contributed by atoms with van der Waals surface area (Å²) in [6, 6.07) is 0.389. The Hall–Kier alpha value is -0.890. The van der Waals surface area contributed by atoms with E-state index in [1.807, 2.05) is 6.08 Å². The molecular weight excluding hydrogens is 244 g/mol. The van der Waals surface area contributed by atoms with E-state index in [4.69, 9.17) is 4.99 Å².